The molecule has 0 aromatic carbocycles. The van der Waals surface area contributed by atoms with Gasteiger partial charge >= 0.3 is 0 Å². The van der Waals surface area contributed by atoms with E-state index in [9.17, 15) is 0 Å². The summed E-state index contributed by atoms with van der Waals surface area (Å²) in [5, 5.41) is 12.2. The first-order valence-corrected chi connectivity index (χ1v) is 6.08. The molecule has 1 unspecified atom stereocenters. The second kappa shape index (κ2) is 4.65. The van der Waals surface area contributed by atoms with Crippen LogP contribution in [0.5, 0.6) is 0 Å². The first-order valence-electron chi connectivity index (χ1n) is 5.10. The predicted molar refractivity (Wildman–Crippen MR) is 61.9 cm³/mol. The van der Waals surface area contributed by atoms with Gasteiger partial charge in [0.2, 0.25) is 0 Å². The molecule has 0 radical (unpaired) electrons. The maximum absolute atomic E-state index is 4.47. The Morgan fingerprint density at radius 2 is 2.60 bits per heavy atom. The SMILES string of the molecule is CCn1cnnc1CN=C1NC(C)CS1. The summed E-state index contributed by atoms with van der Waals surface area (Å²) >= 11 is 1.77. The molecule has 2 rings (SSSR count). The fourth-order valence-electron chi connectivity index (χ4n) is 1.40. The van der Waals surface area contributed by atoms with E-state index in [1.165, 1.54) is 0 Å². The van der Waals surface area contributed by atoms with E-state index in [1.807, 2.05) is 4.57 Å². The molecule has 5 nitrogen and oxygen atoms in total. The van der Waals surface area contributed by atoms with E-state index >= 15 is 0 Å². The van der Waals surface area contributed by atoms with E-state index in [2.05, 4.69) is 34.4 Å². The maximum atomic E-state index is 4.47. The molecule has 15 heavy (non-hydrogen) atoms. The van der Waals surface area contributed by atoms with Crippen molar-refractivity contribution < 1.29 is 0 Å². The minimum atomic E-state index is 0.526. The summed E-state index contributed by atoms with van der Waals surface area (Å²) in [6.45, 7) is 5.73. The van der Waals surface area contributed by atoms with Crippen molar-refractivity contribution in [1.29, 1.82) is 0 Å². The molecule has 1 aliphatic rings. The van der Waals surface area contributed by atoms with Crippen molar-refractivity contribution in [2.45, 2.75) is 33.0 Å². The third-order valence-corrected chi connectivity index (χ3v) is 3.43. The molecule has 2 heterocycles. The van der Waals surface area contributed by atoms with Gasteiger partial charge in [0.25, 0.3) is 0 Å². The number of nitrogens with zero attached hydrogens (tertiary/aromatic N) is 4. The first kappa shape index (κ1) is 10.5. The summed E-state index contributed by atoms with van der Waals surface area (Å²) in [7, 11) is 0. The lowest BCUT2D eigenvalue weighted by Crippen LogP contribution is -2.23. The van der Waals surface area contributed by atoms with E-state index in [1.54, 1.807) is 18.1 Å². The summed E-state index contributed by atoms with van der Waals surface area (Å²) < 4.78 is 2.01. The van der Waals surface area contributed by atoms with Crippen LogP contribution in [0, 0.1) is 0 Å². The maximum Gasteiger partial charge on any atom is 0.157 e. The molecule has 0 aliphatic carbocycles. The van der Waals surface area contributed by atoms with E-state index in [4.69, 9.17) is 0 Å². The number of aliphatic imine (C=N–C) groups is 1. The second-order valence-corrected chi connectivity index (χ2v) is 4.52. The average molecular weight is 225 g/mol. The standard InChI is InChI=1S/C9H15N5S/c1-3-14-6-11-13-8(14)4-10-9-12-7(2)5-15-9/h6-7H,3-5H2,1-2H3,(H,10,12). The number of nitrogens with one attached hydrogen (secondary N) is 1. The lowest BCUT2D eigenvalue weighted by molar-refractivity contribution is 0.696. The molecule has 1 aromatic rings. The molecule has 0 bridgehead atoms. The van der Waals surface area contributed by atoms with Gasteiger partial charge in [-0.05, 0) is 13.8 Å². The summed E-state index contributed by atoms with van der Waals surface area (Å²) in [6.07, 6.45) is 1.74. The van der Waals surface area contributed by atoms with Crippen LogP contribution in [0.4, 0.5) is 0 Å². The smallest absolute Gasteiger partial charge is 0.157 e. The van der Waals surface area contributed by atoms with Crippen LogP contribution in [-0.4, -0.2) is 31.7 Å². The molecule has 1 aromatic heterocycles. The summed E-state index contributed by atoms with van der Waals surface area (Å²) in [4.78, 5) is 4.47. The quantitative estimate of drug-likeness (QED) is 0.829. The Hall–Kier alpha value is -1.04. The largest absolute Gasteiger partial charge is 0.362 e. The van der Waals surface area contributed by atoms with Gasteiger partial charge in [0, 0.05) is 18.3 Å². The number of thioether (sulfide) groups is 1. The zero-order valence-corrected chi connectivity index (χ0v) is 9.79. The molecule has 82 valence electrons. The van der Waals surface area contributed by atoms with Crippen molar-refractivity contribution in [2.24, 2.45) is 4.99 Å². The van der Waals surface area contributed by atoms with Crippen molar-refractivity contribution in [2.75, 3.05) is 5.75 Å². The molecule has 0 amide bonds. The van der Waals surface area contributed by atoms with Crippen LogP contribution >= 0.6 is 11.8 Å². The number of hydrogen-bond acceptors (Lipinski definition) is 4. The number of hydrogen-bond donors (Lipinski definition) is 1. The minimum absolute atomic E-state index is 0.526. The Morgan fingerprint density at radius 3 is 3.27 bits per heavy atom. The number of amidine groups is 1. The lowest BCUT2D eigenvalue weighted by Gasteiger charge is -2.02. The van der Waals surface area contributed by atoms with E-state index < -0.39 is 0 Å². The third-order valence-electron chi connectivity index (χ3n) is 2.24. The highest BCUT2D eigenvalue weighted by atomic mass is 32.2. The van der Waals surface area contributed by atoms with Gasteiger partial charge in [-0.3, -0.25) is 4.99 Å². The highest BCUT2D eigenvalue weighted by Crippen LogP contribution is 2.13. The third kappa shape index (κ3) is 2.50. The highest BCUT2D eigenvalue weighted by Gasteiger charge is 2.15. The van der Waals surface area contributed by atoms with E-state index in [0.29, 0.717) is 12.6 Å². The summed E-state index contributed by atoms with van der Waals surface area (Å²) in [5.41, 5.74) is 0. The predicted octanol–water partition coefficient (Wildman–Crippen LogP) is 0.879. The Morgan fingerprint density at radius 1 is 1.73 bits per heavy atom. The summed E-state index contributed by atoms with van der Waals surface area (Å²) in [5.74, 6) is 2.02. The van der Waals surface area contributed by atoms with E-state index in [0.717, 1.165) is 23.3 Å². The van der Waals surface area contributed by atoms with Crippen LogP contribution in [0.15, 0.2) is 11.3 Å². The van der Waals surface area contributed by atoms with E-state index in [-0.39, 0.29) is 0 Å². The fourth-order valence-corrected chi connectivity index (χ4v) is 2.33. The molecular formula is C9H15N5S. The molecule has 1 atom stereocenters. The van der Waals surface area contributed by atoms with Gasteiger partial charge < -0.3 is 9.88 Å². The Labute approximate surface area is 93.4 Å². The Balaban J connectivity index is 1.98. The summed E-state index contributed by atoms with van der Waals surface area (Å²) in [6, 6.07) is 0.526. The van der Waals surface area contributed by atoms with Gasteiger partial charge in [0.1, 0.15) is 12.9 Å². The molecule has 0 saturated carbocycles. The van der Waals surface area contributed by atoms with Gasteiger partial charge in [-0.1, -0.05) is 11.8 Å². The minimum Gasteiger partial charge on any atom is -0.362 e. The van der Waals surface area contributed by atoms with Crippen LogP contribution in [0.2, 0.25) is 0 Å². The van der Waals surface area contributed by atoms with Crippen molar-refractivity contribution >= 4 is 16.9 Å². The molecule has 1 N–H and O–H groups in total. The monoisotopic (exact) mass is 225 g/mol. The van der Waals surface area contributed by atoms with Crippen LogP contribution in [0.25, 0.3) is 0 Å². The lowest BCUT2D eigenvalue weighted by atomic mass is 10.4. The normalized spacial score (nSPS) is 23.3. The van der Waals surface area contributed by atoms with Gasteiger partial charge in [-0.25, -0.2) is 0 Å². The first-order chi connectivity index (χ1) is 7.29. The zero-order chi connectivity index (χ0) is 10.7. The van der Waals surface area contributed by atoms with Gasteiger partial charge in [0.15, 0.2) is 11.0 Å². The van der Waals surface area contributed by atoms with Gasteiger partial charge in [-0.2, -0.15) is 0 Å². The van der Waals surface area contributed by atoms with Crippen LogP contribution in [-0.2, 0) is 13.1 Å². The van der Waals surface area contributed by atoms with Gasteiger partial charge in [0.05, 0.1) is 0 Å². The van der Waals surface area contributed by atoms with Crippen molar-refractivity contribution in [3.8, 4) is 0 Å². The van der Waals surface area contributed by atoms with Crippen LogP contribution in [0.3, 0.4) is 0 Å². The molecule has 1 aliphatic heterocycles. The molecule has 0 spiro atoms. The zero-order valence-electron chi connectivity index (χ0n) is 8.97. The van der Waals surface area contributed by atoms with Gasteiger partial charge in [-0.15, -0.1) is 10.2 Å². The average Bonchev–Trinajstić information content (AvgIpc) is 2.83. The Kier molecular flexibility index (Phi) is 3.25. The van der Waals surface area contributed by atoms with Crippen LogP contribution in [0.1, 0.15) is 19.7 Å². The number of aryl methyl sites for hydroxylation is 1. The topological polar surface area (TPSA) is 55.1 Å². The molecule has 1 saturated heterocycles. The number of rotatable bonds is 3. The second-order valence-electron chi connectivity index (χ2n) is 3.51. The Bertz CT molecular complexity index is 359. The van der Waals surface area contributed by atoms with Crippen molar-refractivity contribution in [3.63, 3.8) is 0 Å². The fraction of sp³-hybridized carbons (Fsp3) is 0.667. The molecular weight excluding hydrogens is 210 g/mol. The highest BCUT2D eigenvalue weighted by molar-refractivity contribution is 8.14. The number of aromatic nitrogens is 3. The van der Waals surface area contributed by atoms with Crippen molar-refractivity contribution in [3.05, 3.63) is 12.2 Å². The van der Waals surface area contributed by atoms with Crippen LogP contribution < -0.4 is 5.32 Å². The molecule has 1 fully saturated rings. The van der Waals surface area contributed by atoms with Crippen molar-refractivity contribution in [1.82, 2.24) is 20.1 Å². The molecule has 6 heteroatoms.